The standard InChI is InChI=1S/C17H11N3O2S/c18-10-14(11-19)8-15-9-16(20(21)22)6-7-17(15)23-12-13-4-2-1-3-5-13/h1-9H,12H2. The van der Waals surface area contributed by atoms with Gasteiger partial charge in [0.25, 0.3) is 5.69 Å². The molecule has 6 heteroatoms. The van der Waals surface area contributed by atoms with Gasteiger partial charge in [0.05, 0.1) is 4.92 Å². The van der Waals surface area contributed by atoms with E-state index >= 15 is 0 Å². The van der Waals surface area contributed by atoms with Crippen LogP contribution in [-0.2, 0) is 5.75 Å². The van der Waals surface area contributed by atoms with Gasteiger partial charge in [0.1, 0.15) is 17.7 Å². The highest BCUT2D eigenvalue weighted by atomic mass is 32.2. The SMILES string of the molecule is N#CC(C#N)=Cc1cc([N+](=O)[O-])ccc1SCc1ccccc1. The van der Waals surface area contributed by atoms with Crippen molar-refractivity contribution in [2.24, 2.45) is 0 Å². The van der Waals surface area contributed by atoms with E-state index < -0.39 is 4.92 Å². The van der Waals surface area contributed by atoms with Gasteiger partial charge in [0.15, 0.2) is 0 Å². The van der Waals surface area contributed by atoms with Crippen LogP contribution in [-0.4, -0.2) is 4.92 Å². The molecule has 0 aliphatic heterocycles. The topological polar surface area (TPSA) is 90.7 Å². The lowest BCUT2D eigenvalue weighted by molar-refractivity contribution is -0.384. The summed E-state index contributed by atoms with van der Waals surface area (Å²) in [6.45, 7) is 0. The van der Waals surface area contributed by atoms with Crippen molar-refractivity contribution in [2.45, 2.75) is 10.6 Å². The lowest BCUT2D eigenvalue weighted by Crippen LogP contribution is -1.91. The molecule has 0 heterocycles. The van der Waals surface area contributed by atoms with Gasteiger partial charge in [0.2, 0.25) is 0 Å². The van der Waals surface area contributed by atoms with Crippen molar-refractivity contribution >= 4 is 23.5 Å². The molecule has 0 unspecified atom stereocenters. The Hall–Kier alpha value is -3.09. The van der Waals surface area contributed by atoms with Crippen LogP contribution in [0, 0.1) is 32.8 Å². The Morgan fingerprint density at radius 3 is 2.48 bits per heavy atom. The lowest BCUT2D eigenvalue weighted by atomic mass is 10.1. The number of nitrogens with zero attached hydrogens (tertiary/aromatic N) is 3. The molecule has 0 radical (unpaired) electrons. The van der Waals surface area contributed by atoms with E-state index in [0.29, 0.717) is 11.3 Å². The van der Waals surface area contributed by atoms with E-state index in [-0.39, 0.29) is 11.3 Å². The number of nitro groups is 1. The minimum absolute atomic E-state index is 0.0736. The van der Waals surface area contributed by atoms with Gasteiger partial charge in [-0.2, -0.15) is 10.5 Å². The molecule has 0 saturated carbocycles. The zero-order valence-corrected chi connectivity index (χ0v) is 12.8. The predicted octanol–water partition coefficient (Wildman–Crippen LogP) is 4.32. The quantitative estimate of drug-likeness (QED) is 0.354. The van der Waals surface area contributed by atoms with Crippen LogP contribution in [0.2, 0.25) is 0 Å². The monoisotopic (exact) mass is 321 g/mol. The van der Waals surface area contributed by atoms with Crippen molar-refractivity contribution in [1.82, 2.24) is 0 Å². The van der Waals surface area contributed by atoms with Crippen molar-refractivity contribution in [2.75, 3.05) is 0 Å². The molecule has 0 saturated heterocycles. The van der Waals surface area contributed by atoms with Crippen LogP contribution < -0.4 is 0 Å². The summed E-state index contributed by atoms with van der Waals surface area (Å²) in [5.74, 6) is 0.688. The molecule has 0 N–H and O–H groups in total. The van der Waals surface area contributed by atoms with Gasteiger partial charge in [-0.05, 0) is 23.3 Å². The molecule has 0 fully saturated rings. The average molecular weight is 321 g/mol. The molecule has 2 rings (SSSR count). The summed E-state index contributed by atoms with van der Waals surface area (Å²) in [7, 11) is 0. The van der Waals surface area contributed by atoms with Crippen molar-refractivity contribution in [3.8, 4) is 12.1 Å². The van der Waals surface area contributed by atoms with Crippen LogP contribution in [0.4, 0.5) is 5.69 Å². The van der Waals surface area contributed by atoms with Crippen molar-refractivity contribution in [3.63, 3.8) is 0 Å². The largest absolute Gasteiger partial charge is 0.270 e. The minimum atomic E-state index is -0.499. The summed E-state index contributed by atoms with van der Waals surface area (Å²) in [5.41, 5.74) is 1.45. The Labute approximate surface area is 137 Å². The number of nitriles is 2. The molecule has 0 atom stereocenters. The van der Waals surface area contributed by atoms with Crippen LogP contribution in [0.3, 0.4) is 0 Å². The molecule has 2 aromatic carbocycles. The Kier molecular flexibility index (Phi) is 5.51. The first-order valence-corrected chi connectivity index (χ1v) is 7.59. The number of allylic oxidation sites excluding steroid dienone is 1. The number of thioether (sulfide) groups is 1. The van der Waals surface area contributed by atoms with Crippen molar-refractivity contribution < 1.29 is 4.92 Å². The van der Waals surface area contributed by atoms with Gasteiger partial charge < -0.3 is 0 Å². The van der Waals surface area contributed by atoms with Gasteiger partial charge in [-0.1, -0.05) is 30.3 Å². The zero-order chi connectivity index (χ0) is 16.7. The minimum Gasteiger partial charge on any atom is -0.258 e. The van der Waals surface area contributed by atoms with Crippen LogP contribution in [0.1, 0.15) is 11.1 Å². The van der Waals surface area contributed by atoms with Gasteiger partial charge in [0, 0.05) is 22.8 Å². The summed E-state index contributed by atoms with van der Waals surface area (Å²) in [4.78, 5) is 11.2. The van der Waals surface area contributed by atoms with Gasteiger partial charge in [-0.15, -0.1) is 11.8 Å². The van der Waals surface area contributed by atoms with E-state index in [1.54, 1.807) is 18.2 Å². The number of benzene rings is 2. The van der Waals surface area contributed by atoms with Crippen LogP contribution in [0.5, 0.6) is 0 Å². The summed E-state index contributed by atoms with van der Waals surface area (Å²) < 4.78 is 0. The number of nitro benzene ring substituents is 1. The number of hydrogen-bond acceptors (Lipinski definition) is 5. The Balaban J connectivity index is 2.34. The summed E-state index contributed by atoms with van der Waals surface area (Å²) in [6, 6.07) is 17.8. The third kappa shape index (κ3) is 4.44. The highest BCUT2D eigenvalue weighted by Gasteiger charge is 2.11. The average Bonchev–Trinajstić information content (AvgIpc) is 2.59. The van der Waals surface area contributed by atoms with Crippen LogP contribution >= 0.6 is 11.8 Å². The predicted molar refractivity (Wildman–Crippen MR) is 88.3 cm³/mol. The fraction of sp³-hybridized carbons (Fsp3) is 0.0588. The second-order valence-corrected chi connectivity index (χ2v) is 5.55. The Morgan fingerprint density at radius 1 is 1.17 bits per heavy atom. The van der Waals surface area contributed by atoms with Gasteiger partial charge >= 0.3 is 0 Å². The van der Waals surface area contributed by atoms with Gasteiger partial charge in [-0.3, -0.25) is 10.1 Å². The molecule has 2 aromatic rings. The highest BCUT2D eigenvalue weighted by Crippen LogP contribution is 2.30. The molecular weight excluding hydrogens is 310 g/mol. The molecule has 23 heavy (non-hydrogen) atoms. The first kappa shape index (κ1) is 16.3. The summed E-state index contributed by atoms with van der Waals surface area (Å²) in [5, 5.41) is 28.7. The number of rotatable bonds is 5. The molecule has 0 bridgehead atoms. The second kappa shape index (κ2) is 7.79. The zero-order valence-electron chi connectivity index (χ0n) is 12.0. The third-order valence-corrected chi connectivity index (χ3v) is 4.14. The fourth-order valence-corrected chi connectivity index (χ4v) is 2.84. The maximum absolute atomic E-state index is 10.9. The van der Waals surface area contributed by atoms with Crippen LogP contribution in [0.25, 0.3) is 6.08 Å². The fourth-order valence-electron chi connectivity index (χ4n) is 1.87. The maximum Gasteiger partial charge on any atom is 0.270 e. The van der Waals surface area contributed by atoms with E-state index in [9.17, 15) is 10.1 Å². The Morgan fingerprint density at radius 2 is 1.87 bits per heavy atom. The molecule has 0 amide bonds. The first-order valence-electron chi connectivity index (χ1n) is 6.61. The molecule has 5 nitrogen and oxygen atoms in total. The highest BCUT2D eigenvalue weighted by molar-refractivity contribution is 7.98. The summed E-state index contributed by atoms with van der Waals surface area (Å²) >= 11 is 1.50. The maximum atomic E-state index is 10.9. The van der Waals surface area contributed by atoms with E-state index in [1.807, 2.05) is 30.3 Å². The van der Waals surface area contributed by atoms with E-state index in [0.717, 1.165) is 10.5 Å². The first-order chi connectivity index (χ1) is 11.1. The van der Waals surface area contributed by atoms with E-state index in [4.69, 9.17) is 10.5 Å². The lowest BCUT2D eigenvalue weighted by Gasteiger charge is -2.06. The molecule has 112 valence electrons. The van der Waals surface area contributed by atoms with Crippen molar-refractivity contribution in [3.05, 3.63) is 75.3 Å². The van der Waals surface area contributed by atoms with E-state index in [1.165, 1.54) is 30.0 Å². The smallest absolute Gasteiger partial charge is 0.258 e. The number of non-ortho nitro benzene ring substituents is 1. The second-order valence-electron chi connectivity index (χ2n) is 4.54. The van der Waals surface area contributed by atoms with E-state index in [2.05, 4.69) is 0 Å². The normalized spacial score (nSPS) is 9.48. The van der Waals surface area contributed by atoms with Crippen molar-refractivity contribution in [1.29, 1.82) is 10.5 Å². The van der Waals surface area contributed by atoms with Gasteiger partial charge in [-0.25, -0.2) is 0 Å². The Bertz CT molecular complexity index is 817. The third-order valence-electron chi connectivity index (χ3n) is 2.98. The van der Waals surface area contributed by atoms with Crippen LogP contribution in [0.15, 0.2) is 59.0 Å². The molecule has 0 aliphatic carbocycles. The number of hydrogen-bond donors (Lipinski definition) is 0. The molecule has 0 aromatic heterocycles. The molecule has 0 aliphatic rings. The molecule has 0 spiro atoms. The molecular formula is C17H11N3O2S. The summed E-state index contributed by atoms with van der Waals surface area (Å²) in [6.07, 6.45) is 1.38.